The fourth-order valence-electron chi connectivity index (χ4n) is 1.98. The molecule has 6 heteroatoms. The van der Waals surface area contributed by atoms with Crippen LogP contribution in [0.25, 0.3) is 11.1 Å². The minimum Gasteiger partial charge on any atom is -0.298 e. The molecule has 0 radical (unpaired) electrons. The number of rotatable bonds is 4. The van der Waals surface area contributed by atoms with Crippen LogP contribution in [0.2, 0.25) is 0 Å². The molecule has 0 aliphatic rings. The van der Waals surface area contributed by atoms with Gasteiger partial charge in [-0.2, -0.15) is 8.42 Å². The van der Waals surface area contributed by atoms with E-state index < -0.39 is 15.0 Å². The predicted molar refractivity (Wildman–Crippen MR) is 72.5 cm³/mol. The molecule has 20 heavy (non-hydrogen) atoms. The van der Waals surface area contributed by atoms with E-state index in [4.69, 9.17) is 0 Å². The second-order valence-corrected chi connectivity index (χ2v) is 5.41. The molecule has 0 saturated heterocycles. The maximum Gasteiger partial charge on any atom is 0.295 e. The second-order valence-electron chi connectivity index (χ2n) is 4.02. The molecule has 2 aromatic carbocycles. The van der Waals surface area contributed by atoms with Gasteiger partial charge in [-0.05, 0) is 11.6 Å². The summed E-state index contributed by atoms with van der Waals surface area (Å²) >= 11 is 0. The summed E-state index contributed by atoms with van der Waals surface area (Å²) in [7, 11) is -4.51. The first-order valence-corrected chi connectivity index (χ1v) is 7.03. The number of benzene rings is 2. The van der Waals surface area contributed by atoms with Crippen LogP contribution in [-0.2, 0) is 10.1 Å². The summed E-state index contributed by atoms with van der Waals surface area (Å²) in [5.41, 5.74) is 0.603. The molecule has 0 aromatic heterocycles. The molecule has 0 fully saturated rings. The fraction of sp³-hybridized carbons (Fsp3) is 0. The molecule has 0 aliphatic carbocycles. The summed E-state index contributed by atoms with van der Waals surface area (Å²) in [6.45, 7) is 0. The van der Waals surface area contributed by atoms with Crippen molar-refractivity contribution in [3.63, 3.8) is 0 Å². The Morgan fingerprint density at radius 3 is 2.05 bits per heavy atom. The highest BCUT2D eigenvalue weighted by molar-refractivity contribution is 7.86. The summed E-state index contributed by atoms with van der Waals surface area (Å²) in [6, 6.07) is 10.2. The summed E-state index contributed by atoms with van der Waals surface area (Å²) in [4.78, 5) is 21.8. The van der Waals surface area contributed by atoms with E-state index in [1.807, 2.05) is 0 Å². The van der Waals surface area contributed by atoms with Gasteiger partial charge in [0.2, 0.25) is 0 Å². The topological polar surface area (TPSA) is 88.5 Å². The summed E-state index contributed by atoms with van der Waals surface area (Å²) < 4.78 is 32.2. The van der Waals surface area contributed by atoms with Gasteiger partial charge in [-0.3, -0.25) is 14.1 Å². The summed E-state index contributed by atoms with van der Waals surface area (Å²) in [5.74, 6) is 0. The van der Waals surface area contributed by atoms with Gasteiger partial charge in [0.25, 0.3) is 10.1 Å². The lowest BCUT2D eigenvalue weighted by Gasteiger charge is -2.11. The highest BCUT2D eigenvalue weighted by Crippen LogP contribution is 2.32. The van der Waals surface area contributed by atoms with Crippen LogP contribution >= 0.6 is 0 Å². The lowest BCUT2D eigenvalue weighted by molar-refractivity contribution is 0.111. The van der Waals surface area contributed by atoms with Crippen LogP contribution in [0, 0.1) is 0 Å². The van der Waals surface area contributed by atoms with Crippen molar-refractivity contribution in [2.75, 3.05) is 0 Å². The van der Waals surface area contributed by atoms with Crippen LogP contribution in [0.4, 0.5) is 0 Å². The van der Waals surface area contributed by atoms with Crippen molar-refractivity contribution in [3.05, 3.63) is 53.6 Å². The van der Waals surface area contributed by atoms with Crippen molar-refractivity contribution in [3.8, 4) is 11.1 Å². The van der Waals surface area contributed by atoms with Crippen molar-refractivity contribution >= 4 is 22.7 Å². The third kappa shape index (κ3) is 2.52. The normalized spacial score (nSPS) is 11.1. The van der Waals surface area contributed by atoms with Gasteiger partial charge in [0.15, 0.2) is 12.6 Å². The standard InChI is InChI=1S/C14H10O5S/c15-8-10-4-1-2-6-12(10)14-11(9-16)5-3-7-13(14)20(17,18)19/h1-9H,(H,17,18,19). The highest BCUT2D eigenvalue weighted by atomic mass is 32.2. The van der Waals surface area contributed by atoms with Crippen LogP contribution in [0.3, 0.4) is 0 Å². The lowest BCUT2D eigenvalue weighted by Crippen LogP contribution is -2.04. The van der Waals surface area contributed by atoms with Crippen molar-refractivity contribution in [1.82, 2.24) is 0 Å². The Labute approximate surface area is 115 Å². The lowest BCUT2D eigenvalue weighted by atomic mass is 9.96. The Bertz CT molecular complexity index is 778. The largest absolute Gasteiger partial charge is 0.298 e. The summed E-state index contributed by atoms with van der Waals surface area (Å²) in [5, 5.41) is 0. The van der Waals surface area contributed by atoms with Crippen LogP contribution in [-0.4, -0.2) is 25.5 Å². The van der Waals surface area contributed by atoms with Crippen molar-refractivity contribution in [2.45, 2.75) is 4.90 Å². The number of hydrogen-bond acceptors (Lipinski definition) is 4. The molecular weight excluding hydrogens is 280 g/mol. The van der Waals surface area contributed by atoms with Crippen LogP contribution in [0.1, 0.15) is 20.7 Å². The first-order chi connectivity index (χ1) is 9.49. The van der Waals surface area contributed by atoms with Crippen molar-refractivity contribution < 1.29 is 22.6 Å². The molecule has 0 unspecified atom stereocenters. The number of hydrogen-bond donors (Lipinski definition) is 1. The zero-order valence-electron chi connectivity index (χ0n) is 10.2. The Hall–Kier alpha value is -2.31. The van der Waals surface area contributed by atoms with Gasteiger partial charge < -0.3 is 0 Å². The maximum absolute atomic E-state index is 11.4. The molecule has 102 valence electrons. The van der Waals surface area contributed by atoms with Gasteiger partial charge in [-0.15, -0.1) is 0 Å². The minimum absolute atomic E-state index is 0.0210. The third-order valence-corrected chi connectivity index (χ3v) is 3.72. The number of carbonyl (C=O) groups excluding carboxylic acids is 2. The number of aldehydes is 2. The van der Waals surface area contributed by atoms with Crippen molar-refractivity contribution in [2.24, 2.45) is 0 Å². The molecule has 0 heterocycles. The van der Waals surface area contributed by atoms with Crippen LogP contribution in [0.5, 0.6) is 0 Å². The molecule has 2 rings (SSSR count). The molecule has 0 atom stereocenters. The van der Waals surface area contributed by atoms with Gasteiger partial charge >= 0.3 is 0 Å². The Balaban J connectivity index is 2.92. The summed E-state index contributed by atoms with van der Waals surface area (Å²) in [6.07, 6.45) is 1.04. The molecule has 0 amide bonds. The maximum atomic E-state index is 11.4. The number of carbonyl (C=O) groups is 2. The zero-order valence-corrected chi connectivity index (χ0v) is 11.0. The third-order valence-electron chi connectivity index (χ3n) is 2.82. The SMILES string of the molecule is O=Cc1ccccc1-c1c(C=O)cccc1S(=O)(=O)O. The average molecular weight is 290 g/mol. The van der Waals surface area contributed by atoms with E-state index >= 15 is 0 Å². The molecule has 0 bridgehead atoms. The van der Waals surface area contributed by atoms with E-state index in [0.29, 0.717) is 12.6 Å². The van der Waals surface area contributed by atoms with Gasteiger partial charge in [0.05, 0.1) is 0 Å². The van der Waals surface area contributed by atoms with Gasteiger partial charge in [-0.1, -0.05) is 36.4 Å². The monoisotopic (exact) mass is 290 g/mol. The molecule has 0 spiro atoms. The smallest absolute Gasteiger partial charge is 0.295 e. The Morgan fingerprint density at radius 2 is 1.45 bits per heavy atom. The van der Waals surface area contributed by atoms with E-state index in [0.717, 1.165) is 0 Å². The van der Waals surface area contributed by atoms with E-state index in [1.54, 1.807) is 12.1 Å². The molecule has 5 nitrogen and oxygen atoms in total. The minimum atomic E-state index is -4.51. The first kappa shape index (κ1) is 14.1. The highest BCUT2D eigenvalue weighted by Gasteiger charge is 2.21. The molecule has 2 aromatic rings. The van der Waals surface area contributed by atoms with Crippen LogP contribution in [0.15, 0.2) is 47.4 Å². The van der Waals surface area contributed by atoms with E-state index in [1.165, 1.54) is 30.3 Å². The molecule has 0 saturated carbocycles. The average Bonchev–Trinajstić information content (AvgIpc) is 2.45. The van der Waals surface area contributed by atoms with Gasteiger partial charge in [-0.25, -0.2) is 0 Å². The fourth-order valence-corrected chi connectivity index (χ4v) is 2.71. The Morgan fingerprint density at radius 1 is 0.850 bits per heavy atom. The zero-order chi connectivity index (χ0) is 14.8. The molecular formula is C14H10O5S. The van der Waals surface area contributed by atoms with E-state index in [9.17, 15) is 22.6 Å². The molecule has 0 aliphatic heterocycles. The quantitative estimate of drug-likeness (QED) is 0.689. The Kier molecular flexibility index (Phi) is 3.78. The second kappa shape index (κ2) is 5.36. The first-order valence-electron chi connectivity index (χ1n) is 5.59. The molecule has 1 N–H and O–H groups in total. The van der Waals surface area contributed by atoms with E-state index in [-0.39, 0.29) is 22.3 Å². The van der Waals surface area contributed by atoms with Gasteiger partial charge in [0, 0.05) is 16.7 Å². The van der Waals surface area contributed by atoms with Crippen LogP contribution < -0.4 is 0 Å². The van der Waals surface area contributed by atoms with E-state index in [2.05, 4.69) is 0 Å². The predicted octanol–water partition coefficient (Wildman–Crippen LogP) is 2.23. The van der Waals surface area contributed by atoms with Crippen molar-refractivity contribution in [1.29, 1.82) is 0 Å². The van der Waals surface area contributed by atoms with Gasteiger partial charge in [0.1, 0.15) is 4.90 Å².